The van der Waals surface area contributed by atoms with Gasteiger partial charge in [-0.25, -0.2) is 4.79 Å². The molecule has 1 atom stereocenters. The molecule has 0 aliphatic rings. The lowest BCUT2D eigenvalue weighted by atomic mass is 10.1. The highest BCUT2D eigenvalue weighted by Crippen LogP contribution is 2.11. The van der Waals surface area contributed by atoms with Crippen molar-refractivity contribution in [3.63, 3.8) is 0 Å². The van der Waals surface area contributed by atoms with Gasteiger partial charge in [-0.05, 0) is 38.5 Å². The normalized spacial score (nSPS) is 12.1. The molecule has 3 aromatic rings. The predicted octanol–water partition coefficient (Wildman–Crippen LogP) is 3.40. The number of carbonyl (C=O) groups excluding carboxylic acids is 2. The van der Waals surface area contributed by atoms with E-state index in [0.717, 1.165) is 11.3 Å². The summed E-state index contributed by atoms with van der Waals surface area (Å²) < 4.78 is 7.01. The summed E-state index contributed by atoms with van der Waals surface area (Å²) in [7, 11) is 0. The predicted molar refractivity (Wildman–Crippen MR) is 117 cm³/mol. The standard InChI is InChI=1S/C23H27N5O3/c1-23(2,3)31-22(30)25-19(15-17-9-5-4-6-10-17)21(29)26-20-12-14-28(27-20)16-18-11-7-8-13-24-18/h4-14,19H,15-16H2,1-3H3,(H,25,30)(H,26,27,29). The van der Waals surface area contributed by atoms with Gasteiger partial charge in [-0.15, -0.1) is 0 Å². The number of anilines is 1. The molecule has 0 bridgehead atoms. The van der Waals surface area contributed by atoms with Crippen molar-refractivity contribution >= 4 is 17.8 Å². The van der Waals surface area contributed by atoms with Crippen LogP contribution in [0.25, 0.3) is 0 Å². The van der Waals surface area contributed by atoms with Crippen molar-refractivity contribution in [3.8, 4) is 0 Å². The van der Waals surface area contributed by atoms with E-state index in [2.05, 4.69) is 20.7 Å². The molecule has 162 valence electrons. The Morgan fingerprint density at radius 3 is 2.48 bits per heavy atom. The number of benzene rings is 1. The van der Waals surface area contributed by atoms with Crippen molar-refractivity contribution in [1.29, 1.82) is 0 Å². The Bertz CT molecular complexity index is 997. The molecule has 0 radical (unpaired) electrons. The molecule has 0 saturated carbocycles. The van der Waals surface area contributed by atoms with E-state index in [4.69, 9.17) is 4.74 Å². The quantitative estimate of drug-likeness (QED) is 0.609. The Labute approximate surface area is 181 Å². The first-order chi connectivity index (χ1) is 14.8. The van der Waals surface area contributed by atoms with Crippen LogP contribution in [0.1, 0.15) is 32.0 Å². The minimum atomic E-state index is -0.821. The molecule has 0 aliphatic carbocycles. The number of carbonyl (C=O) groups is 2. The van der Waals surface area contributed by atoms with Crippen LogP contribution in [0.4, 0.5) is 10.6 Å². The summed E-state index contributed by atoms with van der Waals surface area (Å²) in [6, 6.07) is 16.0. The average Bonchev–Trinajstić information content (AvgIpc) is 3.14. The minimum Gasteiger partial charge on any atom is -0.444 e. The van der Waals surface area contributed by atoms with E-state index in [1.807, 2.05) is 48.5 Å². The smallest absolute Gasteiger partial charge is 0.408 e. The van der Waals surface area contributed by atoms with Crippen molar-refractivity contribution in [2.45, 2.75) is 45.4 Å². The molecule has 2 N–H and O–H groups in total. The molecule has 3 rings (SSSR count). The lowest BCUT2D eigenvalue weighted by Crippen LogP contribution is -2.47. The number of hydrogen-bond donors (Lipinski definition) is 2. The summed E-state index contributed by atoms with van der Waals surface area (Å²) in [5.41, 5.74) is 1.11. The van der Waals surface area contributed by atoms with E-state index in [0.29, 0.717) is 18.8 Å². The van der Waals surface area contributed by atoms with E-state index in [1.165, 1.54) is 0 Å². The summed E-state index contributed by atoms with van der Waals surface area (Å²) in [5.74, 6) is 0.0165. The SMILES string of the molecule is CC(C)(C)OC(=O)NC(Cc1ccccc1)C(=O)Nc1ccn(Cc2ccccn2)n1. The molecule has 0 saturated heterocycles. The fourth-order valence-electron chi connectivity index (χ4n) is 2.90. The highest BCUT2D eigenvalue weighted by Gasteiger charge is 2.25. The summed E-state index contributed by atoms with van der Waals surface area (Å²) in [5, 5.41) is 9.82. The van der Waals surface area contributed by atoms with Crippen molar-refractivity contribution < 1.29 is 14.3 Å². The van der Waals surface area contributed by atoms with Crippen LogP contribution in [0, 0.1) is 0 Å². The molecule has 31 heavy (non-hydrogen) atoms. The van der Waals surface area contributed by atoms with Crippen LogP contribution in [0.15, 0.2) is 67.0 Å². The Kier molecular flexibility index (Phi) is 7.02. The maximum atomic E-state index is 12.9. The van der Waals surface area contributed by atoms with Gasteiger partial charge >= 0.3 is 6.09 Å². The Morgan fingerprint density at radius 1 is 1.06 bits per heavy atom. The van der Waals surface area contributed by atoms with E-state index >= 15 is 0 Å². The first-order valence-electron chi connectivity index (χ1n) is 10.1. The maximum Gasteiger partial charge on any atom is 0.408 e. The third-order valence-corrected chi connectivity index (χ3v) is 4.23. The van der Waals surface area contributed by atoms with Gasteiger partial charge in [-0.2, -0.15) is 5.10 Å². The molecule has 2 heterocycles. The molecular weight excluding hydrogens is 394 g/mol. The molecule has 8 heteroatoms. The van der Waals surface area contributed by atoms with Crippen LogP contribution in [-0.4, -0.2) is 38.4 Å². The molecule has 0 fully saturated rings. The highest BCUT2D eigenvalue weighted by molar-refractivity contribution is 5.96. The van der Waals surface area contributed by atoms with Crippen LogP contribution in [0.3, 0.4) is 0 Å². The number of ether oxygens (including phenoxy) is 1. The summed E-state index contributed by atoms with van der Waals surface area (Å²) in [6.45, 7) is 5.80. The van der Waals surface area contributed by atoms with Crippen LogP contribution < -0.4 is 10.6 Å². The van der Waals surface area contributed by atoms with E-state index in [-0.39, 0.29) is 5.91 Å². The highest BCUT2D eigenvalue weighted by atomic mass is 16.6. The lowest BCUT2D eigenvalue weighted by molar-refractivity contribution is -0.118. The van der Waals surface area contributed by atoms with Gasteiger partial charge in [0.25, 0.3) is 0 Å². The second-order valence-electron chi connectivity index (χ2n) is 8.10. The van der Waals surface area contributed by atoms with Gasteiger partial charge in [0.05, 0.1) is 12.2 Å². The number of nitrogens with zero attached hydrogens (tertiary/aromatic N) is 3. The molecule has 8 nitrogen and oxygen atoms in total. The molecule has 0 aliphatic heterocycles. The first kappa shape index (κ1) is 22.0. The van der Waals surface area contributed by atoms with Gasteiger partial charge in [-0.3, -0.25) is 14.5 Å². The molecule has 1 aromatic carbocycles. The second-order valence-corrected chi connectivity index (χ2v) is 8.10. The summed E-state index contributed by atoms with van der Waals surface area (Å²) in [4.78, 5) is 29.5. The van der Waals surface area contributed by atoms with Gasteiger partial charge < -0.3 is 15.4 Å². The molecular formula is C23H27N5O3. The number of rotatable bonds is 7. The summed E-state index contributed by atoms with van der Waals surface area (Å²) in [6.07, 6.45) is 3.15. The zero-order chi connectivity index (χ0) is 22.3. The van der Waals surface area contributed by atoms with Crippen molar-refractivity contribution in [2.75, 3.05) is 5.32 Å². The van der Waals surface area contributed by atoms with Gasteiger partial charge in [0, 0.05) is 24.9 Å². The number of hydrogen-bond acceptors (Lipinski definition) is 5. The first-order valence-corrected chi connectivity index (χ1v) is 10.1. The fourth-order valence-corrected chi connectivity index (χ4v) is 2.90. The molecule has 2 amide bonds. The number of pyridine rings is 1. The zero-order valence-corrected chi connectivity index (χ0v) is 17.9. The average molecular weight is 422 g/mol. The third kappa shape index (κ3) is 7.26. The minimum absolute atomic E-state index is 0.320. The van der Waals surface area contributed by atoms with E-state index in [9.17, 15) is 9.59 Å². The maximum absolute atomic E-state index is 12.9. The number of aromatic nitrogens is 3. The topological polar surface area (TPSA) is 98.1 Å². The Morgan fingerprint density at radius 2 is 1.81 bits per heavy atom. The van der Waals surface area contributed by atoms with Crippen molar-refractivity contribution in [2.24, 2.45) is 0 Å². The van der Waals surface area contributed by atoms with E-state index < -0.39 is 17.7 Å². The third-order valence-electron chi connectivity index (χ3n) is 4.23. The van der Waals surface area contributed by atoms with Crippen LogP contribution >= 0.6 is 0 Å². The van der Waals surface area contributed by atoms with Crippen molar-refractivity contribution in [3.05, 3.63) is 78.2 Å². The van der Waals surface area contributed by atoms with Crippen molar-refractivity contribution in [1.82, 2.24) is 20.1 Å². The fraction of sp³-hybridized carbons (Fsp3) is 0.304. The molecule has 1 unspecified atom stereocenters. The Balaban J connectivity index is 1.68. The molecule has 0 spiro atoms. The second kappa shape index (κ2) is 9.88. The molecule has 2 aromatic heterocycles. The largest absolute Gasteiger partial charge is 0.444 e. The van der Waals surface area contributed by atoms with Crippen LogP contribution in [0.2, 0.25) is 0 Å². The number of amides is 2. The van der Waals surface area contributed by atoms with Gasteiger partial charge in [0.15, 0.2) is 5.82 Å². The number of alkyl carbamates (subject to hydrolysis) is 1. The van der Waals surface area contributed by atoms with Crippen LogP contribution in [-0.2, 0) is 22.5 Å². The van der Waals surface area contributed by atoms with E-state index in [1.54, 1.807) is 43.9 Å². The zero-order valence-electron chi connectivity index (χ0n) is 17.9. The van der Waals surface area contributed by atoms with Crippen LogP contribution in [0.5, 0.6) is 0 Å². The lowest BCUT2D eigenvalue weighted by Gasteiger charge is -2.23. The summed E-state index contributed by atoms with van der Waals surface area (Å²) >= 11 is 0. The van der Waals surface area contributed by atoms with Gasteiger partial charge in [-0.1, -0.05) is 36.4 Å². The Hall–Kier alpha value is -3.68. The number of nitrogens with one attached hydrogen (secondary N) is 2. The van der Waals surface area contributed by atoms with Gasteiger partial charge in [0.1, 0.15) is 11.6 Å². The van der Waals surface area contributed by atoms with Gasteiger partial charge in [0.2, 0.25) is 5.91 Å². The monoisotopic (exact) mass is 421 g/mol.